The zero-order chi connectivity index (χ0) is 17.8. The van der Waals surface area contributed by atoms with Crippen molar-refractivity contribution in [2.45, 2.75) is 44.1 Å². The highest BCUT2D eigenvalue weighted by Crippen LogP contribution is 2.27. The minimum Gasteiger partial charge on any atom is -0.340 e. The lowest BCUT2D eigenvalue weighted by Crippen LogP contribution is -2.52. The molecule has 1 aromatic rings. The summed E-state index contributed by atoms with van der Waals surface area (Å²) in [6, 6.07) is 6.26. The van der Waals surface area contributed by atoms with Gasteiger partial charge in [0.05, 0.1) is 6.54 Å². The van der Waals surface area contributed by atoms with Crippen LogP contribution in [0, 0.1) is 5.82 Å². The molecule has 2 amide bonds. The molecule has 0 aliphatic carbocycles. The van der Waals surface area contributed by atoms with Crippen LogP contribution in [0.25, 0.3) is 0 Å². The number of amides is 2. The molecule has 2 fully saturated rings. The Hall–Kier alpha value is -1.95. The van der Waals surface area contributed by atoms with E-state index in [1.54, 1.807) is 21.9 Å². The molecule has 0 radical (unpaired) electrons. The van der Waals surface area contributed by atoms with E-state index in [1.165, 1.54) is 12.1 Å². The van der Waals surface area contributed by atoms with Gasteiger partial charge in [-0.3, -0.25) is 9.59 Å². The van der Waals surface area contributed by atoms with Crippen LogP contribution in [0.3, 0.4) is 0 Å². The average Bonchev–Trinajstić information content (AvgIpc) is 2.80. The lowest BCUT2D eigenvalue weighted by molar-refractivity contribution is -0.141. The van der Waals surface area contributed by atoms with E-state index in [2.05, 4.69) is 0 Å². The SMILES string of the molecule is NC1CN(C(=O)CN2CCCCCC2=O)CCC1c1ccc(F)cc1. The largest absolute Gasteiger partial charge is 0.340 e. The molecule has 2 N–H and O–H groups in total. The fourth-order valence-electron chi connectivity index (χ4n) is 3.80. The molecule has 136 valence electrons. The number of rotatable bonds is 3. The highest BCUT2D eigenvalue weighted by molar-refractivity contribution is 5.85. The van der Waals surface area contributed by atoms with Crippen molar-refractivity contribution in [3.05, 3.63) is 35.6 Å². The molecule has 0 saturated carbocycles. The second kappa shape index (κ2) is 7.95. The maximum Gasteiger partial charge on any atom is 0.242 e. The summed E-state index contributed by atoms with van der Waals surface area (Å²) in [5, 5.41) is 0. The van der Waals surface area contributed by atoms with Crippen LogP contribution in [0.1, 0.15) is 43.6 Å². The molecular weight excluding hydrogens is 321 g/mol. The van der Waals surface area contributed by atoms with E-state index < -0.39 is 0 Å². The molecular formula is C19H26FN3O2. The molecule has 2 heterocycles. The van der Waals surface area contributed by atoms with Gasteiger partial charge in [-0.1, -0.05) is 18.6 Å². The summed E-state index contributed by atoms with van der Waals surface area (Å²) in [4.78, 5) is 28.1. The molecule has 0 bridgehead atoms. The van der Waals surface area contributed by atoms with Crippen LogP contribution in [-0.4, -0.2) is 53.8 Å². The van der Waals surface area contributed by atoms with Gasteiger partial charge in [0, 0.05) is 38.0 Å². The topological polar surface area (TPSA) is 66.6 Å². The Morgan fingerprint density at radius 1 is 1.16 bits per heavy atom. The van der Waals surface area contributed by atoms with Crippen LogP contribution < -0.4 is 5.73 Å². The van der Waals surface area contributed by atoms with Crippen LogP contribution >= 0.6 is 0 Å². The van der Waals surface area contributed by atoms with Crippen molar-refractivity contribution in [3.63, 3.8) is 0 Å². The summed E-state index contributed by atoms with van der Waals surface area (Å²) in [6.07, 6.45) is 4.22. The fourth-order valence-corrected chi connectivity index (χ4v) is 3.80. The zero-order valence-corrected chi connectivity index (χ0v) is 14.5. The van der Waals surface area contributed by atoms with Crippen molar-refractivity contribution in [2.75, 3.05) is 26.2 Å². The van der Waals surface area contributed by atoms with Crippen LogP contribution in [-0.2, 0) is 9.59 Å². The third-order valence-corrected chi connectivity index (χ3v) is 5.31. The molecule has 0 spiro atoms. The molecule has 3 rings (SSSR count). The normalized spacial score (nSPS) is 25.0. The zero-order valence-electron chi connectivity index (χ0n) is 14.5. The van der Waals surface area contributed by atoms with E-state index in [0.717, 1.165) is 31.2 Å². The summed E-state index contributed by atoms with van der Waals surface area (Å²) in [6.45, 7) is 1.93. The van der Waals surface area contributed by atoms with Crippen molar-refractivity contribution in [1.82, 2.24) is 9.80 Å². The molecule has 6 heteroatoms. The van der Waals surface area contributed by atoms with Crippen molar-refractivity contribution in [2.24, 2.45) is 5.73 Å². The molecule has 2 aliphatic heterocycles. The fraction of sp³-hybridized carbons (Fsp3) is 0.579. The average molecular weight is 347 g/mol. The number of hydrogen-bond acceptors (Lipinski definition) is 3. The van der Waals surface area contributed by atoms with E-state index >= 15 is 0 Å². The second-order valence-corrected chi connectivity index (χ2v) is 7.08. The Morgan fingerprint density at radius 3 is 2.64 bits per heavy atom. The quantitative estimate of drug-likeness (QED) is 0.908. The summed E-state index contributed by atoms with van der Waals surface area (Å²) < 4.78 is 13.1. The van der Waals surface area contributed by atoms with E-state index in [1.807, 2.05) is 0 Å². The number of halogens is 1. The first-order chi connectivity index (χ1) is 12.0. The van der Waals surface area contributed by atoms with Crippen molar-refractivity contribution >= 4 is 11.8 Å². The van der Waals surface area contributed by atoms with E-state index in [-0.39, 0.29) is 36.1 Å². The minimum atomic E-state index is -0.257. The van der Waals surface area contributed by atoms with Gasteiger partial charge in [0.25, 0.3) is 0 Å². The number of likely N-dealkylation sites (tertiary alicyclic amines) is 2. The lowest BCUT2D eigenvalue weighted by atomic mass is 9.86. The Morgan fingerprint density at radius 2 is 1.92 bits per heavy atom. The van der Waals surface area contributed by atoms with Gasteiger partial charge in [0.1, 0.15) is 5.82 Å². The number of carbonyl (C=O) groups excluding carboxylic acids is 2. The van der Waals surface area contributed by atoms with Gasteiger partial charge in [-0.15, -0.1) is 0 Å². The van der Waals surface area contributed by atoms with Crippen LogP contribution in [0.5, 0.6) is 0 Å². The van der Waals surface area contributed by atoms with Crippen molar-refractivity contribution in [3.8, 4) is 0 Å². The monoisotopic (exact) mass is 347 g/mol. The second-order valence-electron chi connectivity index (χ2n) is 7.08. The third kappa shape index (κ3) is 4.37. The summed E-state index contributed by atoms with van der Waals surface area (Å²) >= 11 is 0. The van der Waals surface area contributed by atoms with Gasteiger partial charge in [-0.25, -0.2) is 4.39 Å². The minimum absolute atomic E-state index is 0.0248. The maximum absolute atomic E-state index is 13.1. The maximum atomic E-state index is 13.1. The number of piperidine rings is 1. The van der Waals surface area contributed by atoms with Gasteiger partial charge >= 0.3 is 0 Å². The first-order valence-corrected chi connectivity index (χ1v) is 9.11. The predicted octanol–water partition coefficient (Wildman–Crippen LogP) is 1.87. The Kier molecular flexibility index (Phi) is 5.68. The number of benzene rings is 1. The standard InChI is InChI=1S/C19H26FN3O2/c20-15-7-5-14(6-8-15)16-9-11-23(12-17(16)21)19(25)13-22-10-3-1-2-4-18(22)24/h5-8,16-17H,1-4,9-13,21H2. The molecule has 2 atom stereocenters. The van der Waals surface area contributed by atoms with E-state index in [9.17, 15) is 14.0 Å². The van der Waals surface area contributed by atoms with Gasteiger partial charge < -0.3 is 15.5 Å². The summed E-state index contributed by atoms with van der Waals surface area (Å²) in [5.74, 6) is -0.0730. The number of hydrogen-bond donors (Lipinski definition) is 1. The predicted molar refractivity (Wildman–Crippen MR) is 93.4 cm³/mol. The number of nitrogens with two attached hydrogens (primary N) is 1. The van der Waals surface area contributed by atoms with Crippen molar-refractivity contribution in [1.29, 1.82) is 0 Å². The number of nitrogens with zero attached hydrogens (tertiary/aromatic N) is 2. The van der Waals surface area contributed by atoms with E-state index in [0.29, 0.717) is 26.1 Å². The molecule has 25 heavy (non-hydrogen) atoms. The first-order valence-electron chi connectivity index (χ1n) is 9.11. The highest BCUT2D eigenvalue weighted by atomic mass is 19.1. The Labute approximate surface area is 148 Å². The molecule has 1 aromatic carbocycles. The van der Waals surface area contributed by atoms with Crippen LogP contribution in [0.4, 0.5) is 4.39 Å². The smallest absolute Gasteiger partial charge is 0.242 e. The molecule has 2 aliphatic rings. The Balaban J connectivity index is 1.57. The summed E-state index contributed by atoms with van der Waals surface area (Å²) in [5.41, 5.74) is 7.31. The van der Waals surface area contributed by atoms with Crippen LogP contribution in [0.2, 0.25) is 0 Å². The number of carbonyl (C=O) groups is 2. The molecule has 5 nitrogen and oxygen atoms in total. The lowest BCUT2D eigenvalue weighted by Gasteiger charge is -2.38. The first kappa shape index (κ1) is 17.9. The van der Waals surface area contributed by atoms with Crippen LogP contribution in [0.15, 0.2) is 24.3 Å². The highest BCUT2D eigenvalue weighted by Gasteiger charge is 2.31. The van der Waals surface area contributed by atoms with Gasteiger partial charge in [0.15, 0.2) is 0 Å². The Bertz CT molecular complexity index is 620. The van der Waals surface area contributed by atoms with E-state index in [4.69, 9.17) is 5.73 Å². The molecule has 0 aromatic heterocycles. The summed E-state index contributed by atoms with van der Waals surface area (Å²) in [7, 11) is 0. The van der Waals surface area contributed by atoms with Crippen molar-refractivity contribution < 1.29 is 14.0 Å². The molecule has 2 saturated heterocycles. The van der Waals surface area contributed by atoms with Gasteiger partial charge in [0.2, 0.25) is 11.8 Å². The third-order valence-electron chi connectivity index (χ3n) is 5.31. The van der Waals surface area contributed by atoms with Gasteiger partial charge in [-0.05, 0) is 37.0 Å². The van der Waals surface area contributed by atoms with Gasteiger partial charge in [-0.2, -0.15) is 0 Å². The molecule has 2 unspecified atom stereocenters.